The van der Waals surface area contributed by atoms with E-state index in [9.17, 15) is 14.7 Å². The minimum Gasteiger partial charge on any atom is -0.491 e. The molecule has 0 bridgehead atoms. The van der Waals surface area contributed by atoms with Crippen LogP contribution in [0.3, 0.4) is 0 Å². The molecule has 0 radical (unpaired) electrons. The number of rotatable bonds is 3. The number of aromatic amines is 1. The highest BCUT2D eigenvalue weighted by atomic mass is 16.5. The molecule has 1 aromatic rings. The Bertz CT molecular complexity index is 658. The molecular formula is C16H22N2O5. The van der Waals surface area contributed by atoms with Gasteiger partial charge in [0.1, 0.15) is 5.69 Å². The van der Waals surface area contributed by atoms with Gasteiger partial charge in [-0.25, -0.2) is 0 Å². The Labute approximate surface area is 134 Å². The molecule has 1 saturated carbocycles. The Morgan fingerprint density at radius 2 is 2.22 bits per heavy atom. The van der Waals surface area contributed by atoms with Crippen LogP contribution in [0.5, 0.6) is 5.75 Å². The minimum atomic E-state index is -0.424. The molecule has 1 amide bonds. The second kappa shape index (κ2) is 5.98. The quantitative estimate of drug-likeness (QED) is 0.847. The van der Waals surface area contributed by atoms with E-state index in [4.69, 9.17) is 9.47 Å². The second-order valence-electron chi connectivity index (χ2n) is 6.24. The van der Waals surface area contributed by atoms with E-state index in [1.54, 1.807) is 12.0 Å². The van der Waals surface area contributed by atoms with Crippen molar-refractivity contribution in [2.24, 2.45) is 0 Å². The van der Waals surface area contributed by atoms with Crippen molar-refractivity contribution < 1.29 is 19.4 Å². The molecule has 2 aliphatic rings. The predicted molar refractivity (Wildman–Crippen MR) is 82.7 cm³/mol. The number of likely N-dealkylation sites (tertiary alicyclic amines) is 1. The number of methoxy groups -OCH3 is 2. The van der Waals surface area contributed by atoms with Gasteiger partial charge in [-0.2, -0.15) is 0 Å². The third-order valence-corrected chi connectivity index (χ3v) is 5.15. The average molecular weight is 322 g/mol. The van der Waals surface area contributed by atoms with Gasteiger partial charge in [-0.3, -0.25) is 9.59 Å². The van der Waals surface area contributed by atoms with Crippen LogP contribution in [0.2, 0.25) is 0 Å². The molecule has 3 atom stereocenters. The highest BCUT2D eigenvalue weighted by molar-refractivity contribution is 5.93. The van der Waals surface area contributed by atoms with Gasteiger partial charge in [0, 0.05) is 25.9 Å². The van der Waals surface area contributed by atoms with Gasteiger partial charge in [0.15, 0.2) is 5.75 Å². The Hall–Kier alpha value is -1.86. The summed E-state index contributed by atoms with van der Waals surface area (Å²) in [6, 6.07) is 1.09. The Morgan fingerprint density at radius 1 is 1.43 bits per heavy atom. The molecule has 126 valence electrons. The van der Waals surface area contributed by atoms with Crippen molar-refractivity contribution in [3.8, 4) is 5.75 Å². The molecule has 0 spiro atoms. The summed E-state index contributed by atoms with van der Waals surface area (Å²) in [5.74, 6) is -0.0786. The highest BCUT2D eigenvalue weighted by Crippen LogP contribution is 2.42. The van der Waals surface area contributed by atoms with Crippen molar-refractivity contribution in [3.63, 3.8) is 0 Å². The largest absolute Gasteiger partial charge is 0.491 e. The number of aromatic nitrogens is 1. The maximum atomic E-state index is 12.8. The SMILES string of the molecule is COc1c[nH]c(C(=O)N2CC[C@]3(OC)CCC(O)CC23)cc1=O. The molecule has 1 saturated heterocycles. The van der Waals surface area contributed by atoms with E-state index in [1.165, 1.54) is 19.4 Å². The van der Waals surface area contributed by atoms with Crippen LogP contribution in [-0.4, -0.2) is 59.4 Å². The number of fused-ring (bicyclic) bond motifs is 1. The van der Waals surface area contributed by atoms with E-state index in [0.717, 1.165) is 12.8 Å². The van der Waals surface area contributed by atoms with Crippen LogP contribution in [0.4, 0.5) is 0 Å². The maximum absolute atomic E-state index is 12.8. The summed E-state index contributed by atoms with van der Waals surface area (Å²) in [5.41, 5.74) is -0.500. The lowest BCUT2D eigenvalue weighted by atomic mass is 9.79. The normalized spacial score (nSPS) is 30.1. The van der Waals surface area contributed by atoms with E-state index < -0.39 is 6.10 Å². The zero-order valence-corrected chi connectivity index (χ0v) is 13.4. The number of aliphatic hydroxyl groups is 1. The molecule has 23 heavy (non-hydrogen) atoms. The van der Waals surface area contributed by atoms with Gasteiger partial charge in [0.05, 0.1) is 24.9 Å². The van der Waals surface area contributed by atoms with Gasteiger partial charge in [-0.1, -0.05) is 0 Å². The van der Waals surface area contributed by atoms with Crippen LogP contribution < -0.4 is 10.2 Å². The molecule has 2 fully saturated rings. The van der Waals surface area contributed by atoms with Gasteiger partial charge in [-0.15, -0.1) is 0 Å². The summed E-state index contributed by atoms with van der Waals surface area (Å²) >= 11 is 0. The third kappa shape index (κ3) is 2.64. The van der Waals surface area contributed by atoms with Crippen LogP contribution in [0.1, 0.15) is 36.2 Å². The molecule has 2 heterocycles. The van der Waals surface area contributed by atoms with E-state index in [0.29, 0.717) is 19.4 Å². The van der Waals surface area contributed by atoms with Crippen molar-refractivity contribution >= 4 is 5.91 Å². The highest BCUT2D eigenvalue weighted by Gasteiger charge is 2.52. The molecule has 0 aromatic carbocycles. The molecule has 1 aliphatic carbocycles. The zero-order valence-electron chi connectivity index (χ0n) is 13.4. The van der Waals surface area contributed by atoms with Crippen LogP contribution in [0.15, 0.2) is 17.1 Å². The molecule has 2 N–H and O–H groups in total. The van der Waals surface area contributed by atoms with Crippen molar-refractivity contribution in [1.82, 2.24) is 9.88 Å². The molecular weight excluding hydrogens is 300 g/mol. The summed E-state index contributed by atoms with van der Waals surface area (Å²) in [4.78, 5) is 29.2. The van der Waals surface area contributed by atoms with Gasteiger partial charge in [0.25, 0.3) is 5.91 Å². The lowest BCUT2D eigenvalue weighted by Gasteiger charge is -2.42. The van der Waals surface area contributed by atoms with Crippen molar-refractivity contribution in [3.05, 3.63) is 28.2 Å². The minimum absolute atomic E-state index is 0.169. The number of hydrogen-bond acceptors (Lipinski definition) is 5. The number of amides is 1. The van der Waals surface area contributed by atoms with E-state index in [2.05, 4.69) is 4.98 Å². The van der Waals surface area contributed by atoms with Crippen molar-refractivity contribution in [2.75, 3.05) is 20.8 Å². The Kier molecular flexibility index (Phi) is 4.16. The molecule has 2 unspecified atom stereocenters. The zero-order chi connectivity index (χ0) is 16.6. The molecule has 1 aromatic heterocycles. The number of nitrogens with zero attached hydrogens (tertiary/aromatic N) is 1. The smallest absolute Gasteiger partial charge is 0.270 e. The number of H-pyrrole nitrogens is 1. The number of pyridine rings is 1. The topological polar surface area (TPSA) is 91.9 Å². The Morgan fingerprint density at radius 3 is 2.87 bits per heavy atom. The summed E-state index contributed by atoms with van der Waals surface area (Å²) < 4.78 is 10.6. The fraction of sp³-hybridized carbons (Fsp3) is 0.625. The first kappa shape index (κ1) is 16.0. The number of hydrogen-bond donors (Lipinski definition) is 2. The molecule has 1 aliphatic heterocycles. The first-order valence-electron chi connectivity index (χ1n) is 7.81. The van der Waals surface area contributed by atoms with Crippen LogP contribution >= 0.6 is 0 Å². The monoisotopic (exact) mass is 322 g/mol. The summed E-state index contributed by atoms with van der Waals surface area (Å²) in [5, 5.41) is 9.98. The van der Waals surface area contributed by atoms with Gasteiger partial charge < -0.3 is 24.5 Å². The van der Waals surface area contributed by atoms with Crippen molar-refractivity contribution in [1.29, 1.82) is 0 Å². The predicted octanol–water partition coefficient (Wildman–Crippen LogP) is 0.528. The first-order valence-corrected chi connectivity index (χ1v) is 7.81. The lowest BCUT2D eigenvalue weighted by molar-refractivity contribution is -0.0824. The number of carbonyl (C=O) groups is 1. The number of ether oxygens (including phenoxy) is 2. The third-order valence-electron chi connectivity index (χ3n) is 5.15. The standard InChI is InChI=1S/C16H22N2O5/c1-22-13-9-17-11(8-12(13)20)15(21)18-6-5-16(23-2)4-3-10(19)7-14(16)18/h8-10,14,19H,3-7H2,1-2H3,(H,17,20)/t10?,14?,16-/m1/s1. The van der Waals surface area contributed by atoms with Crippen LogP contribution in [0, 0.1) is 0 Å². The average Bonchev–Trinajstić information content (AvgIpc) is 2.93. The lowest BCUT2D eigenvalue weighted by Crippen LogP contribution is -2.52. The van der Waals surface area contributed by atoms with Crippen LogP contribution in [0.25, 0.3) is 0 Å². The van der Waals surface area contributed by atoms with Crippen molar-refractivity contribution in [2.45, 2.75) is 43.4 Å². The first-order chi connectivity index (χ1) is 11.0. The van der Waals surface area contributed by atoms with Gasteiger partial charge >= 0.3 is 0 Å². The summed E-state index contributed by atoms with van der Waals surface area (Å²) in [6.45, 7) is 0.554. The van der Waals surface area contributed by atoms with Gasteiger partial charge in [0.2, 0.25) is 5.43 Å². The van der Waals surface area contributed by atoms with E-state index >= 15 is 0 Å². The number of nitrogens with one attached hydrogen (secondary N) is 1. The fourth-order valence-electron chi connectivity index (χ4n) is 3.82. The second-order valence-corrected chi connectivity index (χ2v) is 6.24. The van der Waals surface area contributed by atoms with E-state index in [-0.39, 0.29) is 34.4 Å². The molecule has 3 rings (SSSR count). The maximum Gasteiger partial charge on any atom is 0.270 e. The van der Waals surface area contributed by atoms with Gasteiger partial charge in [-0.05, 0) is 25.7 Å². The summed E-state index contributed by atoms with van der Waals surface area (Å²) in [7, 11) is 3.07. The Balaban J connectivity index is 1.87. The number of aliphatic hydroxyl groups excluding tert-OH is 1. The van der Waals surface area contributed by atoms with Crippen LogP contribution in [-0.2, 0) is 4.74 Å². The molecule has 7 nitrogen and oxygen atoms in total. The van der Waals surface area contributed by atoms with E-state index in [1.807, 2.05) is 0 Å². The fourth-order valence-corrected chi connectivity index (χ4v) is 3.82. The summed E-state index contributed by atoms with van der Waals surface area (Å²) in [6.07, 6.45) is 3.63. The number of carbonyl (C=O) groups excluding carboxylic acids is 1. The molecule has 7 heteroatoms.